The fraction of sp³-hybridized carbons (Fsp3) is 0.174. The SMILES string of the molecule is C[C@H](NS(=O)(=O)c1cc2cc(F)ccc2o1)C(=O)NCc1cccc(-c2ncc(C(F)(F)F)cn2)c1. The van der Waals surface area contributed by atoms with Crippen LogP contribution in [0.3, 0.4) is 0 Å². The molecule has 2 aromatic carbocycles. The van der Waals surface area contributed by atoms with Crippen LogP contribution in [0.1, 0.15) is 18.1 Å². The van der Waals surface area contributed by atoms with Gasteiger partial charge in [0.15, 0.2) is 5.82 Å². The van der Waals surface area contributed by atoms with Gasteiger partial charge >= 0.3 is 6.18 Å². The summed E-state index contributed by atoms with van der Waals surface area (Å²) >= 11 is 0. The number of halogens is 4. The number of hydrogen-bond acceptors (Lipinski definition) is 6. The Hall–Kier alpha value is -3.84. The second-order valence-electron chi connectivity index (χ2n) is 7.80. The topological polar surface area (TPSA) is 114 Å². The van der Waals surface area contributed by atoms with Crippen LogP contribution in [0, 0.1) is 5.82 Å². The Morgan fingerprint density at radius 3 is 2.50 bits per heavy atom. The zero-order valence-corrected chi connectivity index (χ0v) is 19.3. The third-order valence-electron chi connectivity index (χ3n) is 5.08. The zero-order chi connectivity index (χ0) is 26.1. The Morgan fingerprint density at radius 1 is 1.08 bits per heavy atom. The standard InChI is InChI=1S/C23H18F4N4O4S/c1-13(31-36(33,34)20-9-16-8-18(24)5-6-19(16)35-20)22(32)30-10-14-3-2-4-15(7-14)21-28-11-17(12-29-21)23(25,26)27/h2-9,11-13,31H,10H2,1H3,(H,30,32)/t13-/m0/s1. The maximum Gasteiger partial charge on any atom is 0.419 e. The molecule has 2 N–H and O–H groups in total. The Bertz CT molecular complexity index is 1520. The van der Waals surface area contributed by atoms with E-state index in [0.717, 1.165) is 18.2 Å². The summed E-state index contributed by atoms with van der Waals surface area (Å²) < 4.78 is 84.1. The quantitative estimate of drug-likeness (QED) is 0.354. The molecule has 0 aliphatic carbocycles. The molecule has 0 saturated carbocycles. The van der Waals surface area contributed by atoms with E-state index in [9.17, 15) is 30.8 Å². The molecule has 1 amide bonds. The number of amides is 1. The highest BCUT2D eigenvalue weighted by Gasteiger charge is 2.31. The van der Waals surface area contributed by atoms with Gasteiger partial charge in [-0.05, 0) is 36.8 Å². The monoisotopic (exact) mass is 522 g/mol. The van der Waals surface area contributed by atoms with Crippen molar-refractivity contribution in [2.75, 3.05) is 0 Å². The summed E-state index contributed by atoms with van der Waals surface area (Å²) in [4.78, 5) is 20.0. The summed E-state index contributed by atoms with van der Waals surface area (Å²) in [5.41, 5.74) is 0.218. The van der Waals surface area contributed by atoms with Gasteiger partial charge in [-0.3, -0.25) is 4.79 Å². The van der Waals surface area contributed by atoms with Crippen molar-refractivity contribution in [3.63, 3.8) is 0 Å². The van der Waals surface area contributed by atoms with Crippen LogP contribution in [0.15, 0.2) is 70.4 Å². The summed E-state index contributed by atoms with van der Waals surface area (Å²) in [6, 6.07) is 9.99. The molecular weight excluding hydrogens is 504 g/mol. The van der Waals surface area contributed by atoms with Crippen LogP contribution in [0.2, 0.25) is 0 Å². The Kier molecular flexibility index (Phi) is 6.78. The van der Waals surface area contributed by atoms with Crippen LogP contribution in [0.5, 0.6) is 0 Å². The molecule has 0 aliphatic rings. The largest absolute Gasteiger partial charge is 0.443 e. The van der Waals surface area contributed by atoms with E-state index in [-0.39, 0.29) is 23.3 Å². The van der Waals surface area contributed by atoms with Gasteiger partial charge in [0.25, 0.3) is 10.0 Å². The molecule has 2 heterocycles. The number of carbonyl (C=O) groups is 1. The van der Waals surface area contributed by atoms with Crippen molar-refractivity contribution >= 4 is 26.9 Å². The summed E-state index contributed by atoms with van der Waals surface area (Å²) in [7, 11) is -4.22. The first-order valence-corrected chi connectivity index (χ1v) is 11.9. The van der Waals surface area contributed by atoms with E-state index in [4.69, 9.17) is 4.42 Å². The van der Waals surface area contributed by atoms with Crippen molar-refractivity contribution in [1.29, 1.82) is 0 Å². The van der Waals surface area contributed by atoms with E-state index >= 15 is 0 Å². The van der Waals surface area contributed by atoms with Crippen LogP contribution >= 0.6 is 0 Å². The lowest BCUT2D eigenvalue weighted by Crippen LogP contribution is -2.44. The Morgan fingerprint density at radius 2 is 1.81 bits per heavy atom. The Labute approximate surface area is 202 Å². The molecule has 0 spiro atoms. The number of sulfonamides is 1. The average molecular weight is 522 g/mol. The molecular formula is C23H18F4N4O4S. The summed E-state index contributed by atoms with van der Waals surface area (Å²) in [5.74, 6) is -1.12. The molecule has 188 valence electrons. The van der Waals surface area contributed by atoms with Gasteiger partial charge in [0.1, 0.15) is 11.4 Å². The first kappa shape index (κ1) is 25.3. The van der Waals surface area contributed by atoms with E-state index in [1.54, 1.807) is 24.3 Å². The summed E-state index contributed by atoms with van der Waals surface area (Å²) in [6.45, 7) is 1.34. The van der Waals surface area contributed by atoms with Crippen molar-refractivity contribution in [3.05, 3.63) is 77.9 Å². The van der Waals surface area contributed by atoms with E-state index in [1.165, 1.54) is 13.0 Å². The minimum atomic E-state index is -4.55. The third kappa shape index (κ3) is 5.69. The van der Waals surface area contributed by atoms with E-state index < -0.39 is 44.6 Å². The highest BCUT2D eigenvalue weighted by Crippen LogP contribution is 2.29. The molecule has 4 aromatic rings. The lowest BCUT2D eigenvalue weighted by molar-refractivity contribution is -0.138. The van der Waals surface area contributed by atoms with Crippen molar-refractivity contribution in [2.24, 2.45) is 0 Å². The minimum Gasteiger partial charge on any atom is -0.443 e. The number of aromatic nitrogens is 2. The average Bonchev–Trinajstić information content (AvgIpc) is 3.26. The molecule has 4 rings (SSSR count). The van der Waals surface area contributed by atoms with Gasteiger partial charge in [-0.25, -0.2) is 22.8 Å². The zero-order valence-electron chi connectivity index (χ0n) is 18.5. The third-order valence-corrected chi connectivity index (χ3v) is 6.47. The van der Waals surface area contributed by atoms with Crippen molar-refractivity contribution in [3.8, 4) is 11.4 Å². The molecule has 0 unspecified atom stereocenters. The predicted molar refractivity (Wildman–Crippen MR) is 120 cm³/mol. The van der Waals surface area contributed by atoms with Crippen LogP contribution in [-0.2, 0) is 27.5 Å². The minimum absolute atomic E-state index is 0.00326. The number of furan rings is 1. The van der Waals surface area contributed by atoms with Gasteiger partial charge < -0.3 is 9.73 Å². The molecule has 36 heavy (non-hydrogen) atoms. The van der Waals surface area contributed by atoms with Crippen LogP contribution in [0.25, 0.3) is 22.4 Å². The van der Waals surface area contributed by atoms with Crippen LogP contribution in [0.4, 0.5) is 17.6 Å². The number of carbonyl (C=O) groups excluding carboxylic acids is 1. The Balaban J connectivity index is 1.39. The van der Waals surface area contributed by atoms with E-state index in [1.807, 2.05) is 0 Å². The fourth-order valence-corrected chi connectivity index (χ4v) is 4.42. The maximum absolute atomic E-state index is 13.4. The van der Waals surface area contributed by atoms with Gasteiger partial charge in [0, 0.05) is 36.0 Å². The second-order valence-corrected chi connectivity index (χ2v) is 9.45. The molecule has 0 bridgehead atoms. The van der Waals surface area contributed by atoms with Gasteiger partial charge in [-0.2, -0.15) is 17.9 Å². The maximum atomic E-state index is 13.4. The van der Waals surface area contributed by atoms with E-state index in [0.29, 0.717) is 23.5 Å². The lowest BCUT2D eigenvalue weighted by Gasteiger charge is -2.14. The smallest absolute Gasteiger partial charge is 0.419 e. The molecule has 13 heteroatoms. The van der Waals surface area contributed by atoms with Crippen molar-refractivity contribution < 1.29 is 35.2 Å². The molecule has 0 radical (unpaired) electrons. The molecule has 8 nitrogen and oxygen atoms in total. The normalized spacial score (nSPS) is 13.0. The molecule has 2 aromatic heterocycles. The van der Waals surface area contributed by atoms with Gasteiger partial charge in [-0.15, -0.1) is 0 Å². The fourth-order valence-electron chi connectivity index (χ4n) is 3.25. The number of rotatable bonds is 7. The number of hydrogen-bond donors (Lipinski definition) is 2. The number of fused-ring (bicyclic) bond motifs is 1. The number of nitrogens with one attached hydrogen (secondary N) is 2. The number of alkyl halides is 3. The summed E-state index contributed by atoms with van der Waals surface area (Å²) in [5, 5.41) is 2.37. The number of benzene rings is 2. The van der Waals surface area contributed by atoms with Crippen LogP contribution < -0.4 is 10.0 Å². The van der Waals surface area contributed by atoms with Gasteiger partial charge in [-0.1, -0.05) is 18.2 Å². The lowest BCUT2D eigenvalue weighted by atomic mass is 10.1. The summed E-state index contributed by atoms with van der Waals surface area (Å²) in [6.07, 6.45) is -3.18. The molecule has 0 saturated heterocycles. The molecule has 0 fully saturated rings. The second kappa shape index (κ2) is 9.66. The van der Waals surface area contributed by atoms with Crippen LogP contribution in [-0.4, -0.2) is 30.3 Å². The highest BCUT2D eigenvalue weighted by molar-refractivity contribution is 7.89. The van der Waals surface area contributed by atoms with Crippen molar-refractivity contribution in [1.82, 2.24) is 20.0 Å². The highest BCUT2D eigenvalue weighted by atomic mass is 32.2. The van der Waals surface area contributed by atoms with E-state index in [2.05, 4.69) is 20.0 Å². The van der Waals surface area contributed by atoms with Gasteiger partial charge in [0.2, 0.25) is 11.0 Å². The first-order valence-electron chi connectivity index (χ1n) is 10.4. The molecule has 0 aliphatic heterocycles. The number of nitrogens with zero attached hydrogens (tertiary/aromatic N) is 2. The van der Waals surface area contributed by atoms with Gasteiger partial charge in [0.05, 0.1) is 11.6 Å². The molecule has 1 atom stereocenters. The van der Waals surface area contributed by atoms with Crippen molar-refractivity contribution in [2.45, 2.75) is 30.8 Å². The predicted octanol–water partition coefficient (Wildman–Crippen LogP) is 4.03. The first-order chi connectivity index (χ1) is 16.9.